The fourth-order valence-corrected chi connectivity index (χ4v) is 2.64. The summed E-state index contributed by atoms with van der Waals surface area (Å²) in [4.78, 5) is 0. The molecule has 0 saturated carbocycles. The summed E-state index contributed by atoms with van der Waals surface area (Å²) < 4.78 is 0. The first-order chi connectivity index (χ1) is 9.90. The first-order valence-electron chi connectivity index (χ1n) is 8.71. The van der Waals surface area contributed by atoms with Crippen molar-refractivity contribution in [3.8, 4) is 0 Å². The molecular formula is C20H35N. The largest absolute Gasteiger partial charge is 0.312 e. The molecule has 0 aromatic heterocycles. The Kier molecular flexibility index (Phi) is 8.03. The van der Waals surface area contributed by atoms with Gasteiger partial charge in [0.2, 0.25) is 0 Å². The Morgan fingerprint density at radius 1 is 1.00 bits per heavy atom. The normalized spacial score (nSPS) is 13.4. The summed E-state index contributed by atoms with van der Waals surface area (Å²) in [6, 6.07) is 9.07. The van der Waals surface area contributed by atoms with E-state index in [9.17, 15) is 0 Å². The zero-order chi connectivity index (χ0) is 15.7. The van der Waals surface area contributed by atoms with E-state index in [1.807, 2.05) is 0 Å². The highest BCUT2D eigenvalue weighted by Crippen LogP contribution is 2.17. The lowest BCUT2D eigenvalue weighted by molar-refractivity contribution is 0.349. The molecule has 21 heavy (non-hydrogen) atoms. The van der Waals surface area contributed by atoms with Gasteiger partial charge < -0.3 is 5.32 Å². The van der Waals surface area contributed by atoms with Gasteiger partial charge in [0.1, 0.15) is 0 Å². The molecule has 1 unspecified atom stereocenters. The lowest BCUT2D eigenvalue weighted by Crippen LogP contribution is -2.39. The van der Waals surface area contributed by atoms with Gasteiger partial charge in [-0.2, -0.15) is 0 Å². The van der Waals surface area contributed by atoms with Crippen LogP contribution < -0.4 is 5.32 Å². The van der Waals surface area contributed by atoms with Gasteiger partial charge in [-0.1, -0.05) is 62.4 Å². The fourth-order valence-electron chi connectivity index (χ4n) is 2.64. The van der Waals surface area contributed by atoms with Crippen molar-refractivity contribution in [1.29, 1.82) is 0 Å². The third kappa shape index (κ3) is 8.93. The Bertz CT molecular complexity index is 372. The average Bonchev–Trinajstić information content (AvgIpc) is 2.42. The number of hydrogen-bond acceptors (Lipinski definition) is 1. The van der Waals surface area contributed by atoms with Crippen LogP contribution in [0, 0.1) is 12.8 Å². The summed E-state index contributed by atoms with van der Waals surface area (Å²) in [5.74, 6) is 0.754. The minimum Gasteiger partial charge on any atom is -0.312 e. The quantitative estimate of drug-likeness (QED) is 0.591. The molecule has 0 aliphatic rings. The molecule has 0 aliphatic heterocycles. The Morgan fingerprint density at radius 2 is 1.67 bits per heavy atom. The van der Waals surface area contributed by atoms with Crippen LogP contribution in [0.4, 0.5) is 0 Å². The molecule has 0 amide bonds. The van der Waals surface area contributed by atoms with E-state index in [1.165, 1.54) is 49.7 Å². The van der Waals surface area contributed by atoms with Crippen LogP contribution in [0.25, 0.3) is 0 Å². The maximum Gasteiger partial charge on any atom is 0.00966 e. The molecular weight excluding hydrogens is 254 g/mol. The molecule has 1 rings (SSSR count). The first kappa shape index (κ1) is 18.2. The Balaban J connectivity index is 2.51. The maximum absolute atomic E-state index is 3.69. The summed E-state index contributed by atoms with van der Waals surface area (Å²) in [5, 5.41) is 3.69. The predicted octanol–water partition coefficient (Wildman–Crippen LogP) is 5.51. The highest BCUT2D eigenvalue weighted by atomic mass is 14.9. The highest BCUT2D eigenvalue weighted by Gasteiger charge is 2.14. The molecule has 120 valence electrons. The molecule has 0 spiro atoms. The van der Waals surface area contributed by atoms with E-state index in [1.54, 1.807) is 0 Å². The van der Waals surface area contributed by atoms with Crippen molar-refractivity contribution in [2.24, 2.45) is 5.92 Å². The van der Waals surface area contributed by atoms with Crippen molar-refractivity contribution < 1.29 is 0 Å². The lowest BCUT2D eigenvalue weighted by Gasteiger charge is -2.25. The Morgan fingerprint density at radius 3 is 2.24 bits per heavy atom. The summed E-state index contributed by atoms with van der Waals surface area (Å²) in [5.41, 5.74) is 3.05. The van der Waals surface area contributed by atoms with Crippen molar-refractivity contribution in [1.82, 2.24) is 5.32 Å². The smallest absolute Gasteiger partial charge is 0.00966 e. The minimum atomic E-state index is 0.217. The van der Waals surface area contributed by atoms with Crippen molar-refractivity contribution in [2.75, 3.05) is 6.54 Å². The molecule has 1 nitrogen and oxygen atoms in total. The number of nitrogens with one attached hydrogen (secondary N) is 1. The van der Waals surface area contributed by atoms with E-state index in [2.05, 4.69) is 64.2 Å². The third-order valence-electron chi connectivity index (χ3n) is 4.03. The lowest BCUT2D eigenvalue weighted by atomic mass is 9.92. The van der Waals surface area contributed by atoms with Gasteiger partial charge in [0.25, 0.3) is 0 Å². The maximum atomic E-state index is 3.69. The third-order valence-corrected chi connectivity index (χ3v) is 4.03. The van der Waals surface area contributed by atoms with E-state index < -0.39 is 0 Å². The molecule has 1 aromatic carbocycles. The topological polar surface area (TPSA) is 12.0 Å². The van der Waals surface area contributed by atoms with Crippen LogP contribution in [-0.2, 0) is 6.42 Å². The van der Waals surface area contributed by atoms with E-state index >= 15 is 0 Å². The molecule has 1 N–H and O–H groups in total. The van der Waals surface area contributed by atoms with Gasteiger partial charge >= 0.3 is 0 Å². The van der Waals surface area contributed by atoms with Crippen molar-refractivity contribution in [3.05, 3.63) is 35.4 Å². The molecule has 1 heteroatoms. The molecule has 0 aliphatic carbocycles. The molecule has 0 saturated heterocycles. The second kappa shape index (κ2) is 9.25. The summed E-state index contributed by atoms with van der Waals surface area (Å²) in [6.45, 7) is 12.3. The minimum absolute atomic E-state index is 0.217. The molecule has 1 atom stereocenters. The van der Waals surface area contributed by atoms with E-state index in [-0.39, 0.29) is 5.54 Å². The van der Waals surface area contributed by atoms with Gasteiger partial charge in [-0.3, -0.25) is 0 Å². The Labute approximate surface area is 132 Å². The molecule has 0 radical (unpaired) electrons. The highest BCUT2D eigenvalue weighted by molar-refractivity contribution is 5.21. The van der Waals surface area contributed by atoms with Crippen molar-refractivity contribution >= 4 is 0 Å². The Hall–Kier alpha value is -0.820. The summed E-state index contributed by atoms with van der Waals surface area (Å²) in [7, 11) is 0. The fraction of sp³-hybridized carbons (Fsp3) is 0.700. The van der Waals surface area contributed by atoms with E-state index in [0.29, 0.717) is 0 Å². The van der Waals surface area contributed by atoms with Crippen molar-refractivity contribution in [3.63, 3.8) is 0 Å². The van der Waals surface area contributed by atoms with Crippen LogP contribution in [0.15, 0.2) is 24.3 Å². The van der Waals surface area contributed by atoms with Gasteiger partial charge in [-0.25, -0.2) is 0 Å². The van der Waals surface area contributed by atoms with Crippen LogP contribution in [0.2, 0.25) is 0 Å². The SMILES string of the molecule is CCCCCCC(CNC(C)(C)C)Cc1ccc(C)cc1. The number of rotatable bonds is 9. The molecule has 0 fully saturated rings. The molecule has 0 bridgehead atoms. The van der Waals surface area contributed by atoms with E-state index in [0.717, 1.165) is 12.5 Å². The van der Waals surface area contributed by atoms with Gasteiger partial charge in [0, 0.05) is 5.54 Å². The van der Waals surface area contributed by atoms with Crippen LogP contribution >= 0.6 is 0 Å². The average molecular weight is 290 g/mol. The summed E-state index contributed by atoms with van der Waals surface area (Å²) >= 11 is 0. The predicted molar refractivity (Wildman–Crippen MR) is 94.9 cm³/mol. The second-order valence-corrected chi connectivity index (χ2v) is 7.54. The monoisotopic (exact) mass is 289 g/mol. The molecule has 0 heterocycles. The molecule has 1 aromatic rings. The number of hydrogen-bond donors (Lipinski definition) is 1. The van der Waals surface area contributed by atoms with Crippen LogP contribution in [-0.4, -0.2) is 12.1 Å². The van der Waals surface area contributed by atoms with Gasteiger partial charge in [-0.05, 0) is 58.6 Å². The van der Waals surface area contributed by atoms with Crippen LogP contribution in [0.1, 0.15) is 70.9 Å². The van der Waals surface area contributed by atoms with E-state index in [4.69, 9.17) is 0 Å². The van der Waals surface area contributed by atoms with Crippen LogP contribution in [0.3, 0.4) is 0 Å². The van der Waals surface area contributed by atoms with Gasteiger partial charge in [-0.15, -0.1) is 0 Å². The number of aryl methyl sites for hydroxylation is 1. The number of benzene rings is 1. The zero-order valence-electron chi connectivity index (χ0n) is 14.8. The first-order valence-corrected chi connectivity index (χ1v) is 8.71. The van der Waals surface area contributed by atoms with Crippen molar-refractivity contribution in [2.45, 2.75) is 78.7 Å². The zero-order valence-corrected chi connectivity index (χ0v) is 14.8. The van der Waals surface area contributed by atoms with Gasteiger partial charge in [0.15, 0.2) is 0 Å². The summed E-state index contributed by atoms with van der Waals surface area (Å²) in [6.07, 6.45) is 8.01. The second-order valence-electron chi connectivity index (χ2n) is 7.54. The standard InChI is InChI=1S/C20H35N/c1-6-7-8-9-10-19(16-21-20(3,4)5)15-18-13-11-17(2)12-14-18/h11-14,19,21H,6-10,15-16H2,1-5H3. The number of unbranched alkanes of at least 4 members (excludes halogenated alkanes) is 3. The van der Waals surface area contributed by atoms with Gasteiger partial charge in [0.05, 0.1) is 0 Å². The van der Waals surface area contributed by atoms with Crippen LogP contribution in [0.5, 0.6) is 0 Å².